The highest BCUT2D eigenvalue weighted by atomic mass is 31.2. The second kappa shape index (κ2) is 1.09. The molecule has 0 spiro atoms. The zero-order valence-electron chi connectivity index (χ0n) is 2.75. The van der Waals surface area contributed by atoms with Crippen molar-refractivity contribution in [1.82, 2.24) is 0 Å². The van der Waals surface area contributed by atoms with E-state index >= 15 is 0 Å². The quantitative estimate of drug-likeness (QED) is 0.325. The average molecular weight is 97.0 g/mol. The van der Waals surface area contributed by atoms with Gasteiger partial charge in [0.25, 0.3) is 0 Å². The van der Waals surface area contributed by atoms with Crippen molar-refractivity contribution in [2.75, 3.05) is 6.66 Å². The molecule has 0 amide bonds. The topological polar surface area (TPSA) is 57.5 Å². The average Bonchev–Trinajstić information content (AvgIpc) is 0.722. The predicted octanol–water partition coefficient (Wildman–Crippen LogP) is -0.206. The smallest absolute Gasteiger partial charge is 0.322 e. The summed E-state index contributed by atoms with van der Waals surface area (Å²) in [6.07, 6.45) is 0. The minimum Gasteiger partial charge on any atom is -0.325 e. The van der Waals surface area contributed by atoms with Crippen molar-refractivity contribution in [2.45, 2.75) is 0 Å². The van der Waals surface area contributed by atoms with E-state index in [-0.39, 0.29) is 0 Å². The summed E-state index contributed by atoms with van der Waals surface area (Å²) in [5.74, 6) is 0. The van der Waals surface area contributed by atoms with Gasteiger partial charge in [-0.05, 0) is 0 Å². The SMILES string of the molecule is [13CH3]P(=O)(O)O. The molecule has 2 N–H and O–H groups in total. The molecule has 0 bridgehead atoms. The summed E-state index contributed by atoms with van der Waals surface area (Å²) in [4.78, 5) is 15.3. The van der Waals surface area contributed by atoms with E-state index in [1.165, 1.54) is 0 Å². The van der Waals surface area contributed by atoms with E-state index in [0.717, 1.165) is 6.66 Å². The van der Waals surface area contributed by atoms with Crippen molar-refractivity contribution in [3.05, 3.63) is 0 Å². The van der Waals surface area contributed by atoms with Crippen LogP contribution in [-0.2, 0) is 4.57 Å². The first-order chi connectivity index (χ1) is 2.00. The molecule has 0 aliphatic rings. The van der Waals surface area contributed by atoms with Crippen LogP contribution in [-0.4, -0.2) is 16.5 Å². The molecule has 0 saturated heterocycles. The van der Waals surface area contributed by atoms with E-state index in [1.807, 2.05) is 0 Å². The summed E-state index contributed by atoms with van der Waals surface area (Å²) in [6, 6.07) is 0. The zero-order valence-corrected chi connectivity index (χ0v) is 3.64. The summed E-state index contributed by atoms with van der Waals surface area (Å²) >= 11 is 0. The van der Waals surface area contributed by atoms with Gasteiger partial charge in [0.15, 0.2) is 0 Å². The molecule has 0 radical (unpaired) electrons. The molecule has 5 heavy (non-hydrogen) atoms. The molecule has 0 fully saturated rings. The first kappa shape index (κ1) is 5.15. The van der Waals surface area contributed by atoms with Crippen LogP contribution in [0.3, 0.4) is 0 Å². The van der Waals surface area contributed by atoms with Crippen LogP contribution >= 0.6 is 7.60 Å². The van der Waals surface area contributed by atoms with Crippen LogP contribution in [0.4, 0.5) is 0 Å². The van der Waals surface area contributed by atoms with Crippen LogP contribution in [0.1, 0.15) is 0 Å². The molecule has 0 aromatic carbocycles. The summed E-state index contributed by atoms with van der Waals surface area (Å²) in [7, 11) is -3.64. The molecule has 0 aliphatic carbocycles. The Balaban J connectivity index is 3.47. The van der Waals surface area contributed by atoms with Gasteiger partial charge in [0.1, 0.15) is 0 Å². The van der Waals surface area contributed by atoms with Gasteiger partial charge in [0.2, 0.25) is 0 Å². The van der Waals surface area contributed by atoms with E-state index in [2.05, 4.69) is 0 Å². The van der Waals surface area contributed by atoms with Gasteiger partial charge in [0.05, 0.1) is 0 Å². The minimum absolute atomic E-state index is 0.854. The Morgan fingerprint density at radius 1 is 1.60 bits per heavy atom. The number of hydrogen-bond acceptors (Lipinski definition) is 1. The third kappa shape index (κ3) is 853. The molecule has 3 nitrogen and oxygen atoms in total. The Labute approximate surface area is 29.8 Å². The third-order valence-corrected chi connectivity index (χ3v) is 0. The molecule has 0 unspecified atom stereocenters. The van der Waals surface area contributed by atoms with Gasteiger partial charge in [-0.1, -0.05) is 0 Å². The van der Waals surface area contributed by atoms with Gasteiger partial charge in [-0.25, -0.2) is 0 Å². The van der Waals surface area contributed by atoms with E-state index in [1.54, 1.807) is 0 Å². The lowest BCUT2D eigenvalue weighted by molar-refractivity contribution is 0.381. The van der Waals surface area contributed by atoms with Crippen LogP contribution in [0.5, 0.6) is 0 Å². The van der Waals surface area contributed by atoms with Crippen molar-refractivity contribution in [2.24, 2.45) is 0 Å². The summed E-state index contributed by atoms with van der Waals surface area (Å²) < 4.78 is 9.33. The van der Waals surface area contributed by atoms with Crippen LogP contribution in [0.25, 0.3) is 0 Å². The molecule has 0 atom stereocenters. The normalized spacial score (nSPS) is 11.8. The van der Waals surface area contributed by atoms with E-state index in [0.29, 0.717) is 0 Å². The Kier molecular flexibility index (Phi) is 1.12. The summed E-state index contributed by atoms with van der Waals surface area (Å²) in [6.45, 7) is 0.854. The van der Waals surface area contributed by atoms with E-state index < -0.39 is 7.60 Å². The molecule has 0 saturated carbocycles. The highest BCUT2D eigenvalue weighted by Gasteiger charge is 1.95. The fourth-order valence-electron chi connectivity index (χ4n) is 0. The Morgan fingerprint density at radius 3 is 1.60 bits per heavy atom. The number of hydrogen-bond donors (Lipinski definition) is 2. The second-order valence-corrected chi connectivity index (χ2v) is 2.51. The van der Waals surface area contributed by atoms with Crippen LogP contribution in [0.2, 0.25) is 0 Å². The van der Waals surface area contributed by atoms with Gasteiger partial charge in [0, 0.05) is 6.66 Å². The first-order valence-corrected chi connectivity index (χ1v) is 3.09. The van der Waals surface area contributed by atoms with Gasteiger partial charge < -0.3 is 9.79 Å². The third-order valence-electron chi connectivity index (χ3n) is 0. The van der Waals surface area contributed by atoms with Crippen molar-refractivity contribution < 1.29 is 14.4 Å². The Bertz CT molecular complexity index is 53.0. The van der Waals surface area contributed by atoms with Crippen molar-refractivity contribution in [3.8, 4) is 0 Å². The Morgan fingerprint density at radius 2 is 1.60 bits per heavy atom. The highest BCUT2D eigenvalue weighted by molar-refractivity contribution is 7.50. The standard InChI is InChI=1S/CH5O3P/c1-5(2,3)4/h1H3,(H2,2,3,4)/i1+1. The first-order valence-electron chi connectivity index (χ1n) is 1.03. The zero-order chi connectivity index (χ0) is 4.50. The number of rotatable bonds is 0. The van der Waals surface area contributed by atoms with Gasteiger partial charge in [-0.2, -0.15) is 0 Å². The largest absolute Gasteiger partial charge is 0.325 e. The molecule has 0 aromatic heterocycles. The lowest BCUT2D eigenvalue weighted by Crippen LogP contribution is -1.64. The van der Waals surface area contributed by atoms with E-state index in [4.69, 9.17) is 9.79 Å². The highest BCUT2D eigenvalue weighted by Crippen LogP contribution is 2.26. The fraction of sp³-hybridized carbons (Fsp3) is 1.00. The second-order valence-electron chi connectivity index (χ2n) is 0.835. The molecule has 32 valence electrons. The lowest BCUT2D eigenvalue weighted by atomic mass is 12.9. The molecule has 0 aliphatic heterocycles. The monoisotopic (exact) mass is 97.0 g/mol. The molecular formula is CH5O3P. The molecular weight excluding hydrogens is 92.0 g/mol. The van der Waals surface area contributed by atoms with Crippen LogP contribution < -0.4 is 0 Å². The maximum atomic E-state index is 9.33. The van der Waals surface area contributed by atoms with Gasteiger partial charge in [-0.15, -0.1) is 0 Å². The fourth-order valence-corrected chi connectivity index (χ4v) is 0. The molecule has 4 heteroatoms. The molecule has 0 rings (SSSR count). The molecule has 0 heterocycles. The lowest BCUT2D eigenvalue weighted by Gasteiger charge is -1.84. The maximum Gasteiger partial charge on any atom is 0.322 e. The van der Waals surface area contributed by atoms with Crippen LogP contribution in [0.15, 0.2) is 0 Å². The maximum absolute atomic E-state index is 9.33. The Hall–Kier alpha value is 0.150. The predicted molar refractivity (Wildman–Crippen MR) is 18.0 cm³/mol. The minimum atomic E-state index is -3.64. The van der Waals surface area contributed by atoms with Crippen molar-refractivity contribution in [1.29, 1.82) is 0 Å². The van der Waals surface area contributed by atoms with Crippen molar-refractivity contribution in [3.63, 3.8) is 0 Å². The van der Waals surface area contributed by atoms with Crippen LogP contribution in [0, 0.1) is 0 Å². The van der Waals surface area contributed by atoms with E-state index in [9.17, 15) is 4.57 Å². The van der Waals surface area contributed by atoms with Crippen molar-refractivity contribution >= 4 is 7.60 Å². The molecule has 0 aromatic rings. The summed E-state index contributed by atoms with van der Waals surface area (Å²) in [5.41, 5.74) is 0. The summed E-state index contributed by atoms with van der Waals surface area (Å²) in [5, 5.41) is 0. The van der Waals surface area contributed by atoms with Gasteiger partial charge in [-0.3, -0.25) is 4.57 Å². The van der Waals surface area contributed by atoms with Gasteiger partial charge >= 0.3 is 7.60 Å².